The summed E-state index contributed by atoms with van der Waals surface area (Å²) in [7, 11) is -4.02. The second-order valence-electron chi connectivity index (χ2n) is 11.0. The van der Waals surface area contributed by atoms with Gasteiger partial charge in [-0.1, -0.05) is 39.0 Å². The number of nitrogens with zero attached hydrogens (tertiary/aromatic N) is 2. The van der Waals surface area contributed by atoms with Gasteiger partial charge in [0.15, 0.2) is 0 Å². The molecule has 0 aliphatic rings. The molecule has 0 saturated heterocycles. The Morgan fingerprint density at radius 3 is 2.00 bits per heavy atom. The Morgan fingerprint density at radius 2 is 1.45 bits per heavy atom. The van der Waals surface area contributed by atoms with E-state index in [1.54, 1.807) is 30.0 Å². The zero-order valence-electron chi connectivity index (χ0n) is 26.6. The summed E-state index contributed by atoms with van der Waals surface area (Å²) in [6.07, 6.45) is -0.364. The first-order valence-electron chi connectivity index (χ1n) is 15.3. The van der Waals surface area contributed by atoms with Gasteiger partial charge in [-0.15, -0.1) is 4.83 Å². The molecule has 2 atom stereocenters. The van der Waals surface area contributed by atoms with E-state index in [9.17, 15) is 36.7 Å². The third-order valence-corrected chi connectivity index (χ3v) is 8.64. The second kappa shape index (κ2) is 17.1. The van der Waals surface area contributed by atoms with Gasteiger partial charge in [0.25, 0.3) is 21.8 Å². The van der Waals surface area contributed by atoms with E-state index in [0.717, 1.165) is 12.1 Å². The molecule has 14 heteroatoms. The van der Waals surface area contributed by atoms with E-state index in [1.165, 1.54) is 35.3 Å². The minimum Gasteiger partial charge on any atom is -0.390 e. The van der Waals surface area contributed by atoms with Crippen molar-refractivity contribution in [1.29, 1.82) is 0 Å². The highest BCUT2D eigenvalue weighted by Crippen LogP contribution is 2.17. The number of aliphatic hydroxyl groups is 1. The summed E-state index contributed by atoms with van der Waals surface area (Å²) >= 11 is 0. The number of benzene rings is 3. The van der Waals surface area contributed by atoms with Gasteiger partial charge in [0.1, 0.15) is 11.6 Å². The van der Waals surface area contributed by atoms with Crippen LogP contribution in [0.25, 0.3) is 0 Å². The molecule has 3 aromatic rings. The van der Waals surface area contributed by atoms with Crippen molar-refractivity contribution >= 4 is 27.7 Å². The first-order valence-corrected chi connectivity index (χ1v) is 16.8. The number of aliphatic hydroxyl groups excluding tert-OH is 1. The average Bonchev–Trinajstić information content (AvgIpc) is 3.03. The Hall–Kier alpha value is -4.24. The molecule has 47 heavy (non-hydrogen) atoms. The minimum atomic E-state index is -4.02. The largest absolute Gasteiger partial charge is 0.390 e. The highest BCUT2D eigenvalue weighted by molar-refractivity contribution is 7.89. The zero-order valence-corrected chi connectivity index (χ0v) is 27.4. The number of hydrogen-bond acceptors (Lipinski definition) is 7. The number of nitrogens with two attached hydrogens (primary N) is 1. The number of hydrogen-bond donors (Lipinski definition) is 4. The molecule has 0 aromatic heterocycles. The van der Waals surface area contributed by atoms with Crippen LogP contribution in [-0.4, -0.2) is 79.5 Å². The molecule has 2 unspecified atom stereocenters. The number of hydrazine groups is 1. The van der Waals surface area contributed by atoms with Crippen LogP contribution in [0.15, 0.2) is 71.6 Å². The maximum absolute atomic E-state index is 14.1. The van der Waals surface area contributed by atoms with Crippen LogP contribution in [0.5, 0.6) is 0 Å². The van der Waals surface area contributed by atoms with Crippen LogP contribution in [0.2, 0.25) is 0 Å². The van der Waals surface area contributed by atoms with Gasteiger partial charge in [0.2, 0.25) is 5.91 Å². The summed E-state index contributed by atoms with van der Waals surface area (Å²) in [5, 5.41) is 15.2. The molecule has 0 heterocycles. The van der Waals surface area contributed by atoms with Crippen molar-refractivity contribution in [2.75, 3.05) is 26.2 Å². The topological polar surface area (TPSA) is 162 Å². The lowest BCUT2D eigenvalue weighted by Crippen LogP contribution is -2.53. The van der Waals surface area contributed by atoms with Gasteiger partial charge in [-0.25, -0.2) is 22.2 Å². The molecule has 0 radical (unpaired) electrons. The third kappa shape index (κ3) is 10.6. The summed E-state index contributed by atoms with van der Waals surface area (Å²) in [5.41, 5.74) is 5.48. The predicted molar refractivity (Wildman–Crippen MR) is 173 cm³/mol. The molecule has 0 aliphatic carbocycles. The Bertz CT molecular complexity index is 1630. The number of halogens is 2. The van der Waals surface area contributed by atoms with Gasteiger partial charge >= 0.3 is 0 Å². The Morgan fingerprint density at radius 1 is 0.872 bits per heavy atom. The fraction of sp³-hybridized carbons (Fsp3) is 0.364. The van der Waals surface area contributed by atoms with Gasteiger partial charge in [0, 0.05) is 48.9 Å². The standard InChI is InChI=1S/C33H41F2N5O6S/c1-4-12-39(13-5-2)33(44)25-18-23(31(36)42)17-24(19-25)32(43)37-29(16-22-14-26(34)20-27(35)15-22)30(41)21-40(6-3)38-47(45,46)28-10-8-7-9-11-28/h7-11,14-15,17-20,29-30,38,41H,4-6,12-13,16,21H2,1-3H3,(H2,36,42)(H,37,43). The van der Waals surface area contributed by atoms with Gasteiger partial charge < -0.3 is 21.1 Å². The van der Waals surface area contributed by atoms with Gasteiger partial charge in [-0.05, 0) is 67.3 Å². The Balaban J connectivity index is 1.95. The molecule has 254 valence electrons. The first-order chi connectivity index (χ1) is 22.3. The molecular weight excluding hydrogens is 632 g/mol. The number of primary amides is 1. The number of carbonyl (C=O) groups is 3. The molecule has 5 N–H and O–H groups in total. The van der Waals surface area contributed by atoms with Crippen LogP contribution in [0.3, 0.4) is 0 Å². The van der Waals surface area contributed by atoms with Crippen LogP contribution in [0.1, 0.15) is 70.3 Å². The molecule has 3 amide bonds. The van der Waals surface area contributed by atoms with Gasteiger partial charge in [-0.2, -0.15) is 0 Å². The summed E-state index contributed by atoms with van der Waals surface area (Å²) in [6, 6.07) is 12.9. The molecule has 0 bridgehead atoms. The maximum atomic E-state index is 14.1. The van der Waals surface area contributed by atoms with E-state index in [-0.39, 0.29) is 46.7 Å². The summed E-state index contributed by atoms with van der Waals surface area (Å²) in [5.74, 6) is -3.82. The highest BCUT2D eigenvalue weighted by atomic mass is 32.2. The minimum absolute atomic E-state index is 0.0100. The van der Waals surface area contributed by atoms with Crippen LogP contribution in [0.4, 0.5) is 8.78 Å². The van der Waals surface area contributed by atoms with E-state index in [2.05, 4.69) is 10.1 Å². The summed E-state index contributed by atoms with van der Waals surface area (Å²) in [4.78, 5) is 43.2. The third-order valence-electron chi connectivity index (χ3n) is 7.25. The number of nitrogens with one attached hydrogen (secondary N) is 2. The first kappa shape index (κ1) is 37.2. The van der Waals surface area contributed by atoms with Crippen molar-refractivity contribution in [3.63, 3.8) is 0 Å². The van der Waals surface area contributed by atoms with E-state index < -0.39 is 51.5 Å². The lowest BCUT2D eigenvalue weighted by atomic mass is 9.99. The van der Waals surface area contributed by atoms with Gasteiger partial charge in [0.05, 0.1) is 17.0 Å². The number of likely N-dealkylation sites (N-methyl/N-ethyl adjacent to an activating group) is 1. The number of amides is 3. The van der Waals surface area contributed by atoms with Crippen molar-refractivity contribution < 1.29 is 36.7 Å². The van der Waals surface area contributed by atoms with Crippen LogP contribution in [0, 0.1) is 11.6 Å². The fourth-order valence-corrected chi connectivity index (χ4v) is 6.15. The van der Waals surface area contributed by atoms with Crippen molar-refractivity contribution in [2.24, 2.45) is 5.73 Å². The maximum Gasteiger partial charge on any atom is 0.253 e. The lowest BCUT2D eigenvalue weighted by Gasteiger charge is -2.30. The average molecular weight is 674 g/mol. The molecule has 0 aliphatic heterocycles. The van der Waals surface area contributed by atoms with Crippen molar-refractivity contribution in [1.82, 2.24) is 20.1 Å². The molecule has 3 aromatic carbocycles. The van der Waals surface area contributed by atoms with E-state index in [1.807, 2.05) is 13.8 Å². The normalized spacial score (nSPS) is 12.8. The van der Waals surface area contributed by atoms with E-state index >= 15 is 0 Å². The van der Waals surface area contributed by atoms with Crippen LogP contribution < -0.4 is 15.9 Å². The van der Waals surface area contributed by atoms with Gasteiger partial charge in [-0.3, -0.25) is 14.4 Å². The number of rotatable bonds is 17. The molecule has 3 rings (SSSR count). The molecule has 0 spiro atoms. The number of sulfonamides is 1. The summed E-state index contributed by atoms with van der Waals surface area (Å²) in [6.45, 7) is 6.15. The van der Waals surface area contributed by atoms with Crippen molar-refractivity contribution in [3.05, 3.63) is 101 Å². The zero-order chi connectivity index (χ0) is 34.7. The molecule has 11 nitrogen and oxygen atoms in total. The van der Waals surface area contributed by atoms with Crippen molar-refractivity contribution in [2.45, 2.75) is 57.1 Å². The SMILES string of the molecule is CCCN(CCC)C(=O)c1cc(C(N)=O)cc(C(=O)NC(Cc2cc(F)cc(F)c2)C(O)CN(CC)NS(=O)(=O)c2ccccc2)c1. The smallest absolute Gasteiger partial charge is 0.253 e. The quantitative estimate of drug-likeness (QED) is 0.160. The van der Waals surface area contributed by atoms with E-state index in [4.69, 9.17) is 5.73 Å². The molecule has 0 fully saturated rings. The second-order valence-corrected chi connectivity index (χ2v) is 12.7. The molecular formula is C33H41F2N5O6S. The number of carbonyl (C=O) groups excluding carboxylic acids is 3. The lowest BCUT2D eigenvalue weighted by molar-refractivity contribution is 0.0634. The van der Waals surface area contributed by atoms with E-state index in [0.29, 0.717) is 32.0 Å². The molecule has 0 saturated carbocycles. The predicted octanol–water partition coefficient (Wildman–Crippen LogP) is 3.24. The monoisotopic (exact) mass is 673 g/mol. The Kier molecular flexibility index (Phi) is 13.5. The Labute approximate surface area is 273 Å². The fourth-order valence-electron chi connectivity index (χ4n) is 4.99. The van der Waals surface area contributed by atoms with Crippen LogP contribution in [-0.2, 0) is 16.4 Å². The van der Waals surface area contributed by atoms with Crippen LogP contribution >= 0.6 is 0 Å². The highest BCUT2D eigenvalue weighted by Gasteiger charge is 2.28. The van der Waals surface area contributed by atoms with Crippen molar-refractivity contribution in [3.8, 4) is 0 Å². The summed E-state index contributed by atoms with van der Waals surface area (Å²) < 4.78 is 54.0.